The summed E-state index contributed by atoms with van der Waals surface area (Å²) in [5.74, 6) is 1.68. The summed E-state index contributed by atoms with van der Waals surface area (Å²) in [6.45, 7) is 11.5. The van der Waals surface area contributed by atoms with Crippen molar-refractivity contribution in [3.05, 3.63) is 65.2 Å². The highest BCUT2D eigenvalue weighted by molar-refractivity contribution is 7.92. The van der Waals surface area contributed by atoms with Gasteiger partial charge in [0.05, 0.1) is 17.2 Å². The average molecular weight is 617 g/mol. The standard InChI is InChI=1S/C36H48N4O3S/c1-23-10-8-11-24(2)33(23)31-16-32-38-34(37-31)39-44(41,42)29-13-9-12-25(14-29)15-30(27(22-43-32)17-35(3,4)5)26-18-36(19-26)20-28(21-36)40(6)7/h8-14,16,26-28,30H,15,17-22H2,1-7H3,(H,37,38,39)/t26?,27-,28?,30?,36?/m1/s1. The van der Waals surface area contributed by atoms with E-state index in [0.717, 1.165) is 35.1 Å². The minimum atomic E-state index is -3.91. The molecular weight excluding hydrogens is 568 g/mol. The molecule has 7 nitrogen and oxygen atoms in total. The van der Waals surface area contributed by atoms with Crippen molar-refractivity contribution in [3.8, 4) is 17.1 Å². The van der Waals surface area contributed by atoms with Crippen molar-refractivity contribution in [2.75, 3.05) is 25.4 Å². The Kier molecular flexibility index (Phi) is 8.06. The summed E-state index contributed by atoms with van der Waals surface area (Å²) < 4.78 is 36.6. The predicted octanol–water partition coefficient (Wildman–Crippen LogP) is 7.29. The highest BCUT2D eigenvalue weighted by Crippen LogP contribution is 2.62. The van der Waals surface area contributed by atoms with Crippen LogP contribution in [0.4, 0.5) is 5.95 Å². The minimum Gasteiger partial charge on any atom is -0.477 e. The first-order chi connectivity index (χ1) is 20.7. The Morgan fingerprint density at radius 1 is 0.977 bits per heavy atom. The maximum absolute atomic E-state index is 13.7. The predicted molar refractivity (Wildman–Crippen MR) is 176 cm³/mol. The van der Waals surface area contributed by atoms with Crippen molar-refractivity contribution in [1.29, 1.82) is 0 Å². The van der Waals surface area contributed by atoms with E-state index in [1.54, 1.807) is 6.07 Å². The van der Waals surface area contributed by atoms with E-state index < -0.39 is 10.0 Å². The van der Waals surface area contributed by atoms with Crippen molar-refractivity contribution in [3.63, 3.8) is 0 Å². The van der Waals surface area contributed by atoms with Gasteiger partial charge in [0.1, 0.15) is 0 Å². The van der Waals surface area contributed by atoms with E-state index in [9.17, 15) is 8.42 Å². The van der Waals surface area contributed by atoms with Gasteiger partial charge in [0.2, 0.25) is 11.8 Å². The Labute approximate surface area is 263 Å². The summed E-state index contributed by atoms with van der Waals surface area (Å²) >= 11 is 0. The summed E-state index contributed by atoms with van der Waals surface area (Å²) in [4.78, 5) is 11.9. The van der Waals surface area contributed by atoms with Gasteiger partial charge in [0.15, 0.2) is 0 Å². The number of ether oxygens (including phenoxy) is 1. The summed E-state index contributed by atoms with van der Waals surface area (Å²) in [5, 5.41) is 0. The number of sulfonamides is 1. The number of fused-ring (bicyclic) bond motifs is 4. The molecule has 8 heteroatoms. The number of nitrogens with one attached hydrogen (secondary N) is 1. The largest absolute Gasteiger partial charge is 0.477 e. The number of hydrogen-bond donors (Lipinski definition) is 1. The van der Waals surface area contributed by atoms with Crippen LogP contribution in [0.15, 0.2) is 53.4 Å². The van der Waals surface area contributed by atoms with E-state index in [1.807, 2.05) is 50.2 Å². The van der Waals surface area contributed by atoms with Crippen LogP contribution in [0, 0.1) is 42.4 Å². The van der Waals surface area contributed by atoms with Crippen LogP contribution in [0.1, 0.15) is 69.6 Å². The Balaban J connectivity index is 1.40. The van der Waals surface area contributed by atoms with Crippen molar-refractivity contribution in [2.45, 2.75) is 84.1 Å². The number of aryl methyl sites for hydroxylation is 2. The third kappa shape index (κ3) is 6.38. The van der Waals surface area contributed by atoms with E-state index in [4.69, 9.17) is 9.72 Å². The van der Waals surface area contributed by atoms with Gasteiger partial charge in [0, 0.05) is 17.7 Å². The van der Waals surface area contributed by atoms with Gasteiger partial charge in [-0.25, -0.2) is 18.1 Å². The fourth-order valence-electron chi connectivity index (χ4n) is 8.21. The van der Waals surface area contributed by atoms with Gasteiger partial charge in [-0.3, -0.25) is 0 Å². The number of hydrogen-bond acceptors (Lipinski definition) is 6. The lowest BCUT2D eigenvalue weighted by Gasteiger charge is -2.61. The molecule has 2 fully saturated rings. The molecular formula is C36H48N4O3S. The van der Waals surface area contributed by atoms with Crippen molar-refractivity contribution in [2.24, 2.45) is 28.6 Å². The van der Waals surface area contributed by atoms with E-state index >= 15 is 0 Å². The molecule has 6 rings (SSSR count). The molecule has 44 heavy (non-hydrogen) atoms. The van der Waals surface area contributed by atoms with Gasteiger partial charge in [-0.1, -0.05) is 51.1 Å². The molecule has 236 valence electrons. The molecule has 0 radical (unpaired) electrons. The number of anilines is 1. The van der Waals surface area contributed by atoms with E-state index in [0.29, 0.717) is 41.5 Å². The molecule has 2 saturated carbocycles. The van der Waals surface area contributed by atoms with Crippen LogP contribution in [-0.2, 0) is 16.4 Å². The quantitative estimate of drug-likeness (QED) is 0.332. The summed E-state index contributed by atoms with van der Waals surface area (Å²) in [5.41, 5.74) is 5.38. The van der Waals surface area contributed by atoms with E-state index in [1.165, 1.54) is 25.7 Å². The molecule has 2 aromatic carbocycles. The molecule has 3 aliphatic rings. The molecule has 2 atom stereocenters. The highest BCUT2D eigenvalue weighted by Gasteiger charge is 2.55. The van der Waals surface area contributed by atoms with Crippen LogP contribution in [0.2, 0.25) is 0 Å². The zero-order valence-corrected chi connectivity index (χ0v) is 28.2. The molecule has 2 heterocycles. The Bertz CT molecular complexity index is 1610. The zero-order chi connectivity index (χ0) is 31.4. The van der Waals surface area contributed by atoms with Crippen LogP contribution in [0.25, 0.3) is 11.3 Å². The number of rotatable bonds is 4. The lowest BCUT2D eigenvalue weighted by Crippen LogP contribution is -2.56. The Morgan fingerprint density at radius 3 is 2.32 bits per heavy atom. The third-order valence-electron chi connectivity index (χ3n) is 10.3. The van der Waals surface area contributed by atoms with Gasteiger partial charge in [-0.15, -0.1) is 0 Å². The number of nitrogens with zero attached hydrogens (tertiary/aromatic N) is 3. The Morgan fingerprint density at radius 2 is 1.66 bits per heavy atom. The molecule has 0 saturated heterocycles. The molecule has 4 bridgehead atoms. The van der Waals surface area contributed by atoms with E-state index in [2.05, 4.69) is 55.5 Å². The topological polar surface area (TPSA) is 84.4 Å². The molecule has 0 amide bonds. The van der Waals surface area contributed by atoms with Gasteiger partial charge in [0.25, 0.3) is 10.0 Å². The molecule has 2 aliphatic carbocycles. The van der Waals surface area contributed by atoms with Crippen LogP contribution >= 0.6 is 0 Å². The fourth-order valence-corrected chi connectivity index (χ4v) is 9.22. The lowest BCUT2D eigenvalue weighted by molar-refractivity contribution is -0.106. The Hall–Kier alpha value is -2.97. The van der Waals surface area contributed by atoms with Crippen molar-refractivity contribution in [1.82, 2.24) is 14.9 Å². The van der Waals surface area contributed by atoms with Crippen molar-refractivity contribution < 1.29 is 13.2 Å². The van der Waals surface area contributed by atoms with Gasteiger partial charge < -0.3 is 9.64 Å². The number of aromatic nitrogens is 2. The maximum atomic E-state index is 13.7. The maximum Gasteiger partial charge on any atom is 0.264 e. The second-order valence-corrected chi connectivity index (χ2v) is 17.0. The second-order valence-electron chi connectivity index (χ2n) is 15.3. The van der Waals surface area contributed by atoms with Crippen LogP contribution in [-0.4, -0.2) is 50.0 Å². The van der Waals surface area contributed by atoms with E-state index in [-0.39, 0.29) is 22.2 Å². The van der Waals surface area contributed by atoms with Gasteiger partial charge in [-0.2, -0.15) is 4.98 Å². The number of benzene rings is 2. The summed E-state index contributed by atoms with van der Waals surface area (Å²) in [6, 6.07) is 16.1. The van der Waals surface area contributed by atoms with Crippen LogP contribution in [0.3, 0.4) is 0 Å². The normalized spacial score (nSPS) is 28.0. The summed E-state index contributed by atoms with van der Waals surface area (Å²) in [7, 11) is 0.477. The van der Waals surface area contributed by atoms with Gasteiger partial charge >= 0.3 is 0 Å². The molecule has 1 spiro atoms. The first kappa shape index (κ1) is 31.0. The first-order valence-corrected chi connectivity index (χ1v) is 17.6. The van der Waals surface area contributed by atoms with Crippen LogP contribution < -0.4 is 9.46 Å². The fraction of sp³-hybridized carbons (Fsp3) is 0.556. The molecule has 3 aromatic rings. The smallest absolute Gasteiger partial charge is 0.264 e. The molecule has 1 N–H and O–H groups in total. The van der Waals surface area contributed by atoms with Crippen molar-refractivity contribution >= 4 is 16.0 Å². The van der Waals surface area contributed by atoms with Crippen LogP contribution in [0.5, 0.6) is 5.88 Å². The SMILES string of the molecule is Cc1cccc(C)c1-c1cc2nc(n1)NS(=O)(=O)c1cccc(c1)CC(C1CC3(C1)CC(N(C)C)C3)[C@H](CC(C)(C)C)CO2. The lowest BCUT2D eigenvalue weighted by atomic mass is 9.46. The average Bonchev–Trinajstić information content (AvgIpc) is 2.87. The third-order valence-corrected chi connectivity index (χ3v) is 11.7. The first-order valence-electron chi connectivity index (χ1n) is 16.1. The monoisotopic (exact) mass is 616 g/mol. The molecule has 1 aromatic heterocycles. The minimum absolute atomic E-state index is 0.0232. The highest BCUT2D eigenvalue weighted by atomic mass is 32.2. The molecule has 1 unspecified atom stereocenters. The second kappa shape index (κ2) is 11.4. The zero-order valence-electron chi connectivity index (χ0n) is 27.4. The summed E-state index contributed by atoms with van der Waals surface area (Å²) in [6.07, 6.45) is 6.91. The molecule has 1 aliphatic heterocycles. The van der Waals surface area contributed by atoms with Gasteiger partial charge in [-0.05, 0) is 124 Å².